The summed E-state index contributed by atoms with van der Waals surface area (Å²) in [5.41, 5.74) is 1.96. The van der Waals surface area contributed by atoms with E-state index in [1.54, 1.807) is 18.2 Å². The quantitative estimate of drug-likeness (QED) is 0.801. The van der Waals surface area contributed by atoms with E-state index in [-0.39, 0.29) is 12.5 Å². The van der Waals surface area contributed by atoms with Crippen LogP contribution in [0.25, 0.3) is 0 Å². The van der Waals surface area contributed by atoms with Crippen LogP contribution in [0, 0.1) is 0 Å². The Morgan fingerprint density at radius 3 is 2.46 bits per heavy atom. The van der Waals surface area contributed by atoms with E-state index in [4.69, 9.17) is 27.9 Å². The number of halogens is 2. The van der Waals surface area contributed by atoms with Crippen LogP contribution in [0.4, 0.5) is 5.69 Å². The number of likely N-dealkylation sites (N-methyl/N-ethyl adjacent to an activating group) is 1. The van der Waals surface area contributed by atoms with Crippen molar-refractivity contribution in [3.63, 3.8) is 0 Å². The van der Waals surface area contributed by atoms with Crippen LogP contribution >= 0.6 is 23.2 Å². The molecule has 0 heterocycles. The third-order valence-electron chi connectivity index (χ3n) is 3.34. The second-order valence-electron chi connectivity index (χ2n) is 5.66. The molecule has 128 valence electrons. The summed E-state index contributed by atoms with van der Waals surface area (Å²) in [7, 11) is 4.09. The lowest BCUT2D eigenvalue weighted by Crippen LogP contribution is -2.20. The van der Waals surface area contributed by atoms with Crippen LogP contribution in [0.2, 0.25) is 10.0 Å². The molecule has 0 spiro atoms. The van der Waals surface area contributed by atoms with Gasteiger partial charge >= 0.3 is 0 Å². The summed E-state index contributed by atoms with van der Waals surface area (Å²) in [6.45, 7) is 0.866. The van der Waals surface area contributed by atoms with E-state index >= 15 is 0 Å². The summed E-state index contributed by atoms with van der Waals surface area (Å²) in [6, 6.07) is 12.7. The highest BCUT2D eigenvalue weighted by Crippen LogP contribution is 2.27. The van der Waals surface area contributed by atoms with Gasteiger partial charge in [0, 0.05) is 17.3 Å². The number of ether oxygens (including phenoxy) is 1. The average molecular weight is 367 g/mol. The number of anilines is 1. The molecule has 0 radical (unpaired) electrons. The van der Waals surface area contributed by atoms with Crippen LogP contribution in [0.1, 0.15) is 5.56 Å². The fourth-order valence-electron chi connectivity index (χ4n) is 2.04. The lowest BCUT2D eigenvalue weighted by atomic mass is 10.1. The van der Waals surface area contributed by atoms with Crippen LogP contribution in [-0.2, 0) is 11.2 Å². The number of nitrogens with zero attached hydrogens (tertiary/aromatic N) is 1. The van der Waals surface area contributed by atoms with E-state index in [9.17, 15) is 4.79 Å². The maximum Gasteiger partial charge on any atom is 0.262 e. The zero-order valence-electron chi connectivity index (χ0n) is 13.7. The summed E-state index contributed by atoms with van der Waals surface area (Å²) in [4.78, 5) is 14.1. The highest BCUT2D eigenvalue weighted by Gasteiger charge is 2.07. The molecular formula is C18H20Cl2N2O2. The van der Waals surface area contributed by atoms with Gasteiger partial charge in [0.2, 0.25) is 0 Å². The van der Waals surface area contributed by atoms with E-state index in [2.05, 4.69) is 10.2 Å². The van der Waals surface area contributed by atoms with Crippen LogP contribution in [0.15, 0.2) is 42.5 Å². The Morgan fingerprint density at radius 2 is 1.83 bits per heavy atom. The van der Waals surface area contributed by atoms with Gasteiger partial charge in [-0.05, 0) is 56.4 Å². The molecular weight excluding hydrogens is 347 g/mol. The van der Waals surface area contributed by atoms with Gasteiger partial charge in [0.25, 0.3) is 5.91 Å². The molecule has 0 aliphatic heterocycles. The summed E-state index contributed by atoms with van der Waals surface area (Å²) in [5, 5.41) is 3.69. The molecule has 0 aliphatic rings. The molecule has 2 aromatic rings. The first kappa shape index (κ1) is 18.6. The molecule has 6 heteroatoms. The topological polar surface area (TPSA) is 41.6 Å². The Hall–Kier alpha value is -1.75. The van der Waals surface area contributed by atoms with Crippen LogP contribution < -0.4 is 10.1 Å². The van der Waals surface area contributed by atoms with E-state index in [1.165, 1.54) is 5.56 Å². The summed E-state index contributed by atoms with van der Waals surface area (Å²) in [6.07, 6.45) is 0.972. The van der Waals surface area contributed by atoms with Crippen molar-refractivity contribution in [2.45, 2.75) is 6.42 Å². The minimum atomic E-state index is -0.248. The number of benzene rings is 2. The van der Waals surface area contributed by atoms with Gasteiger partial charge in [-0.1, -0.05) is 35.3 Å². The minimum absolute atomic E-state index is 0.121. The molecule has 1 N–H and O–H groups in total. The highest BCUT2D eigenvalue weighted by molar-refractivity contribution is 6.35. The molecule has 0 aliphatic carbocycles. The number of hydrogen-bond donors (Lipinski definition) is 1. The maximum atomic E-state index is 12.0. The third kappa shape index (κ3) is 6.04. The van der Waals surface area contributed by atoms with Gasteiger partial charge in [-0.3, -0.25) is 4.79 Å². The number of amides is 1. The molecule has 0 saturated carbocycles. The molecule has 0 aromatic heterocycles. The largest absolute Gasteiger partial charge is 0.482 e. The van der Waals surface area contributed by atoms with Crippen molar-refractivity contribution in [2.75, 3.05) is 32.6 Å². The Kier molecular flexibility index (Phi) is 6.91. The molecule has 0 saturated heterocycles. The summed E-state index contributed by atoms with van der Waals surface area (Å²) in [5.74, 6) is 0.178. The Morgan fingerprint density at radius 1 is 1.12 bits per heavy atom. The molecule has 0 bridgehead atoms. The average Bonchev–Trinajstić information content (AvgIpc) is 2.53. The van der Waals surface area contributed by atoms with E-state index < -0.39 is 0 Å². The zero-order valence-corrected chi connectivity index (χ0v) is 15.2. The normalized spacial score (nSPS) is 10.7. The first-order valence-electron chi connectivity index (χ1n) is 7.55. The first-order chi connectivity index (χ1) is 11.4. The van der Waals surface area contributed by atoms with Gasteiger partial charge in [-0.25, -0.2) is 0 Å². The van der Waals surface area contributed by atoms with E-state index in [0.29, 0.717) is 15.8 Å². The van der Waals surface area contributed by atoms with Gasteiger partial charge in [0.05, 0.1) is 5.02 Å². The van der Waals surface area contributed by atoms with Crippen LogP contribution in [0.5, 0.6) is 5.75 Å². The molecule has 2 rings (SSSR count). The van der Waals surface area contributed by atoms with Crippen LogP contribution in [-0.4, -0.2) is 38.1 Å². The van der Waals surface area contributed by atoms with Gasteiger partial charge in [0.15, 0.2) is 6.61 Å². The molecule has 4 nitrogen and oxygen atoms in total. The minimum Gasteiger partial charge on any atom is -0.482 e. The smallest absolute Gasteiger partial charge is 0.262 e. The second kappa shape index (κ2) is 8.92. The van der Waals surface area contributed by atoms with Crippen LogP contribution in [0.3, 0.4) is 0 Å². The fourth-order valence-corrected chi connectivity index (χ4v) is 2.50. The molecule has 0 atom stereocenters. The van der Waals surface area contributed by atoms with Crippen molar-refractivity contribution in [3.8, 4) is 5.75 Å². The van der Waals surface area contributed by atoms with Crippen molar-refractivity contribution < 1.29 is 9.53 Å². The number of rotatable bonds is 7. The Labute approximate surface area is 152 Å². The number of carbonyl (C=O) groups excluding carboxylic acids is 1. The lowest BCUT2D eigenvalue weighted by Gasteiger charge is -2.11. The van der Waals surface area contributed by atoms with Gasteiger partial charge < -0.3 is 15.0 Å². The first-order valence-corrected chi connectivity index (χ1v) is 8.31. The SMILES string of the molecule is CN(C)CCc1ccc(NC(=O)COc2ccc(Cl)cc2Cl)cc1. The Balaban J connectivity index is 1.83. The molecule has 24 heavy (non-hydrogen) atoms. The van der Waals surface area contributed by atoms with Crippen molar-refractivity contribution in [1.82, 2.24) is 4.90 Å². The zero-order chi connectivity index (χ0) is 17.5. The Bertz CT molecular complexity index is 688. The van der Waals surface area contributed by atoms with Gasteiger partial charge in [-0.15, -0.1) is 0 Å². The molecule has 2 aromatic carbocycles. The number of nitrogens with one attached hydrogen (secondary N) is 1. The summed E-state index contributed by atoms with van der Waals surface area (Å²) >= 11 is 11.8. The number of hydrogen-bond acceptors (Lipinski definition) is 3. The van der Waals surface area contributed by atoms with Crippen molar-refractivity contribution in [1.29, 1.82) is 0 Å². The molecule has 0 fully saturated rings. The maximum absolute atomic E-state index is 12.0. The van der Waals surface area contributed by atoms with E-state index in [1.807, 2.05) is 38.4 Å². The van der Waals surface area contributed by atoms with E-state index in [0.717, 1.165) is 18.7 Å². The summed E-state index contributed by atoms with van der Waals surface area (Å²) < 4.78 is 5.41. The molecule has 1 amide bonds. The van der Waals surface area contributed by atoms with Gasteiger partial charge in [-0.2, -0.15) is 0 Å². The van der Waals surface area contributed by atoms with Crippen molar-refractivity contribution >= 4 is 34.8 Å². The fraction of sp³-hybridized carbons (Fsp3) is 0.278. The second-order valence-corrected chi connectivity index (χ2v) is 6.51. The van der Waals surface area contributed by atoms with Crippen molar-refractivity contribution in [3.05, 3.63) is 58.1 Å². The third-order valence-corrected chi connectivity index (χ3v) is 3.87. The lowest BCUT2D eigenvalue weighted by molar-refractivity contribution is -0.118. The van der Waals surface area contributed by atoms with Gasteiger partial charge in [0.1, 0.15) is 5.75 Å². The molecule has 0 unspecified atom stereocenters. The predicted octanol–water partition coefficient (Wildman–Crippen LogP) is 4.12. The monoisotopic (exact) mass is 366 g/mol. The highest BCUT2D eigenvalue weighted by atomic mass is 35.5. The standard InChI is InChI=1S/C18H20Cl2N2O2/c1-22(2)10-9-13-3-6-15(7-4-13)21-18(23)12-24-17-8-5-14(19)11-16(17)20/h3-8,11H,9-10,12H2,1-2H3,(H,21,23). The van der Waals surface area contributed by atoms with Crippen molar-refractivity contribution in [2.24, 2.45) is 0 Å². The predicted molar refractivity (Wildman–Crippen MR) is 99.3 cm³/mol. The number of carbonyl (C=O) groups is 1.